The molecule has 0 amide bonds. The summed E-state index contributed by atoms with van der Waals surface area (Å²) in [6.07, 6.45) is 1.04. The van der Waals surface area contributed by atoms with Crippen LogP contribution in [0.5, 0.6) is 0 Å². The number of hydrogen-bond donors (Lipinski definition) is 4. The molecule has 110 valence electrons. The van der Waals surface area contributed by atoms with Gasteiger partial charge in [0.2, 0.25) is 0 Å². The van der Waals surface area contributed by atoms with Crippen molar-refractivity contribution in [1.29, 1.82) is 5.41 Å². The number of methoxy groups -OCH3 is 1. The van der Waals surface area contributed by atoms with Crippen LogP contribution in [0.1, 0.15) is 18.6 Å². The van der Waals surface area contributed by atoms with Crippen molar-refractivity contribution in [2.45, 2.75) is 19.1 Å². The van der Waals surface area contributed by atoms with E-state index in [4.69, 9.17) is 21.6 Å². The highest BCUT2D eigenvalue weighted by Crippen LogP contribution is 2.22. The molecule has 0 saturated heterocycles. The summed E-state index contributed by atoms with van der Waals surface area (Å²) in [5.74, 6) is 0.383. The highest BCUT2D eigenvalue weighted by molar-refractivity contribution is 5.90. The van der Waals surface area contributed by atoms with Crippen molar-refractivity contribution in [2.75, 3.05) is 19.1 Å². The molecule has 1 aromatic carbocycles. The predicted octanol–water partition coefficient (Wildman–Crippen LogP) is 1.92. The molecule has 0 aliphatic carbocycles. The largest absolute Gasteiger partial charge is 0.385 e. The Hall–Kier alpha value is -1.92. The van der Waals surface area contributed by atoms with Crippen LogP contribution in [0.3, 0.4) is 0 Å². The number of halogens is 1. The molecule has 20 heavy (non-hydrogen) atoms. The zero-order valence-corrected chi connectivity index (χ0v) is 11.7. The summed E-state index contributed by atoms with van der Waals surface area (Å²) in [5, 5.41) is 10.3. The molecule has 0 heterocycles. The summed E-state index contributed by atoms with van der Waals surface area (Å²) in [5.41, 5.74) is 13.3. The molecule has 0 saturated carbocycles. The van der Waals surface area contributed by atoms with Crippen molar-refractivity contribution in [2.24, 2.45) is 11.5 Å². The molecule has 0 bridgehead atoms. The molecular formula is C14H21FN4O. The summed E-state index contributed by atoms with van der Waals surface area (Å²) < 4.78 is 17.8. The van der Waals surface area contributed by atoms with Crippen LogP contribution < -0.4 is 16.8 Å². The van der Waals surface area contributed by atoms with Crippen LogP contribution in [-0.4, -0.2) is 25.5 Å². The fraction of sp³-hybridized carbons (Fsp3) is 0.357. The first kappa shape index (κ1) is 16.1. The third-order valence-corrected chi connectivity index (χ3v) is 2.72. The maximum Gasteiger partial charge on any atom is 0.107 e. The van der Waals surface area contributed by atoms with Gasteiger partial charge in [0, 0.05) is 18.5 Å². The van der Waals surface area contributed by atoms with E-state index in [2.05, 4.69) is 5.32 Å². The first-order valence-electron chi connectivity index (χ1n) is 6.21. The Labute approximate surface area is 118 Å². The molecule has 0 fully saturated rings. The first-order valence-corrected chi connectivity index (χ1v) is 6.21. The van der Waals surface area contributed by atoms with Crippen LogP contribution >= 0.6 is 0 Å². The summed E-state index contributed by atoms with van der Waals surface area (Å²) >= 11 is 0. The van der Waals surface area contributed by atoms with Crippen LogP contribution in [0, 0.1) is 5.41 Å². The molecule has 0 radical (unpaired) electrons. The Morgan fingerprint density at radius 2 is 2.05 bits per heavy atom. The number of benzene rings is 1. The van der Waals surface area contributed by atoms with Gasteiger partial charge in [0.25, 0.3) is 0 Å². The van der Waals surface area contributed by atoms with E-state index in [9.17, 15) is 4.39 Å². The van der Waals surface area contributed by atoms with Crippen molar-refractivity contribution >= 4 is 11.4 Å². The SMILES string of the molecule is COC(c1ccc(N/C(N)=C\C(C)=N)cc1)C(N)CF. The van der Waals surface area contributed by atoms with Crippen molar-refractivity contribution in [3.8, 4) is 0 Å². The second-order valence-electron chi connectivity index (χ2n) is 4.50. The van der Waals surface area contributed by atoms with Crippen molar-refractivity contribution in [3.05, 3.63) is 41.7 Å². The lowest BCUT2D eigenvalue weighted by atomic mass is 10.0. The zero-order chi connectivity index (χ0) is 15.1. The van der Waals surface area contributed by atoms with E-state index >= 15 is 0 Å². The van der Waals surface area contributed by atoms with E-state index in [0.29, 0.717) is 11.5 Å². The number of ether oxygens (including phenoxy) is 1. The number of nitrogens with one attached hydrogen (secondary N) is 2. The van der Waals surface area contributed by atoms with E-state index in [1.807, 2.05) is 0 Å². The maximum atomic E-state index is 12.6. The van der Waals surface area contributed by atoms with Crippen LogP contribution in [0.25, 0.3) is 0 Å². The van der Waals surface area contributed by atoms with Gasteiger partial charge in [0.05, 0.1) is 12.1 Å². The highest BCUT2D eigenvalue weighted by atomic mass is 19.1. The number of alkyl halides is 1. The third-order valence-electron chi connectivity index (χ3n) is 2.72. The fourth-order valence-electron chi connectivity index (χ4n) is 1.83. The molecule has 2 atom stereocenters. The van der Waals surface area contributed by atoms with Crippen LogP contribution in [0.15, 0.2) is 36.2 Å². The third kappa shape index (κ3) is 4.64. The van der Waals surface area contributed by atoms with Crippen molar-refractivity contribution < 1.29 is 9.13 Å². The minimum atomic E-state index is -0.690. The van der Waals surface area contributed by atoms with Gasteiger partial charge in [-0.25, -0.2) is 4.39 Å². The molecule has 0 aromatic heterocycles. The second kappa shape index (κ2) is 7.62. The first-order chi connectivity index (χ1) is 9.47. The molecular weight excluding hydrogens is 259 g/mol. The smallest absolute Gasteiger partial charge is 0.107 e. The molecule has 1 rings (SSSR count). The number of rotatable bonds is 7. The van der Waals surface area contributed by atoms with E-state index < -0.39 is 18.8 Å². The summed E-state index contributed by atoms with van der Waals surface area (Å²) in [4.78, 5) is 0. The lowest BCUT2D eigenvalue weighted by Crippen LogP contribution is -2.31. The minimum absolute atomic E-state index is 0.361. The van der Waals surface area contributed by atoms with E-state index in [1.165, 1.54) is 13.2 Å². The number of hydrogen-bond acceptors (Lipinski definition) is 5. The Morgan fingerprint density at radius 1 is 1.45 bits per heavy atom. The summed E-state index contributed by atoms with van der Waals surface area (Å²) in [6.45, 7) is 0.992. The van der Waals surface area contributed by atoms with Crippen LogP contribution in [-0.2, 0) is 4.74 Å². The zero-order valence-electron chi connectivity index (χ0n) is 11.7. The van der Waals surface area contributed by atoms with Gasteiger partial charge in [0.15, 0.2) is 0 Å². The van der Waals surface area contributed by atoms with E-state index in [-0.39, 0.29) is 0 Å². The molecule has 2 unspecified atom stereocenters. The Bertz CT molecular complexity index is 473. The van der Waals surface area contributed by atoms with Crippen molar-refractivity contribution in [3.63, 3.8) is 0 Å². The molecule has 6 heteroatoms. The minimum Gasteiger partial charge on any atom is -0.385 e. The lowest BCUT2D eigenvalue weighted by Gasteiger charge is -2.20. The standard InChI is InChI=1S/C14H21FN4O/c1-9(16)7-13(18)19-11-5-3-10(4-6-11)14(20-2)12(17)8-15/h3-7,12,14,16,19H,8,17-18H2,1-2H3/b13-7-,16-9?. The highest BCUT2D eigenvalue weighted by Gasteiger charge is 2.19. The molecule has 6 N–H and O–H groups in total. The average Bonchev–Trinajstić information content (AvgIpc) is 2.40. The lowest BCUT2D eigenvalue weighted by molar-refractivity contribution is 0.0721. The van der Waals surface area contributed by atoms with Gasteiger partial charge in [-0.3, -0.25) is 0 Å². The molecule has 5 nitrogen and oxygen atoms in total. The number of allylic oxidation sites excluding steroid dienone is 1. The normalized spacial score (nSPS) is 14.7. The van der Waals surface area contributed by atoms with Gasteiger partial charge in [-0.1, -0.05) is 12.1 Å². The van der Waals surface area contributed by atoms with Gasteiger partial charge in [-0.2, -0.15) is 0 Å². The summed E-state index contributed by atoms with van der Waals surface area (Å²) in [6, 6.07) is 6.51. The number of anilines is 1. The quantitative estimate of drug-likeness (QED) is 0.574. The molecule has 0 aliphatic rings. The average molecular weight is 280 g/mol. The van der Waals surface area contributed by atoms with Crippen LogP contribution in [0.2, 0.25) is 0 Å². The Balaban J connectivity index is 2.80. The monoisotopic (exact) mass is 280 g/mol. The van der Waals surface area contributed by atoms with Gasteiger partial charge in [-0.05, 0) is 30.7 Å². The maximum absolute atomic E-state index is 12.6. The molecule has 1 aromatic rings. The molecule has 0 spiro atoms. The topological polar surface area (TPSA) is 97.1 Å². The Kier molecular flexibility index (Phi) is 6.14. The summed E-state index contributed by atoms with van der Waals surface area (Å²) in [7, 11) is 1.50. The van der Waals surface area contributed by atoms with Gasteiger partial charge < -0.3 is 26.9 Å². The molecule has 0 aliphatic heterocycles. The van der Waals surface area contributed by atoms with Gasteiger partial charge in [0.1, 0.15) is 12.5 Å². The Morgan fingerprint density at radius 3 is 2.50 bits per heavy atom. The predicted molar refractivity (Wildman–Crippen MR) is 79.4 cm³/mol. The van der Waals surface area contributed by atoms with E-state index in [0.717, 1.165) is 11.3 Å². The van der Waals surface area contributed by atoms with E-state index in [1.54, 1.807) is 31.2 Å². The van der Waals surface area contributed by atoms with Crippen molar-refractivity contribution in [1.82, 2.24) is 0 Å². The van der Waals surface area contributed by atoms with Gasteiger partial charge >= 0.3 is 0 Å². The second-order valence-corrected chi connectivity index (χ2v) is 4.50. The van der Waals surface area contributed by atoms with Crippen LogP contribution in [0.4, 0.5) is 10.1 Å². The van der Waals surface area contributed by atoms with Gasteiger partial charge in [-0.15, -0.1) is 0 Å². The number of nitrogens with two attached hydrogens (primary N) is 2. The fourth-order valence-corrected chi connectivity index (χ4v) is 1.83.